The third kappa shape index (κ3) is 4.03. The Kier molecular flexibility index (Phi) is 4.99. The minimum atomic E-state index is -0.667. The van der Waals surface area contributed by atoms with Crippen LogP contribution in [0.3, 0.4) is 0 Å². The maximum Gasteiger partial charge on any atom is 0.308 e. The van der Waals surface area contributed by atoms with Crippen LogP contribution in [0, 0.1) is 6.92 Å². The van der Waals surface area contributed by atoms with E-state index in [9.17, 15) is 9.90 Å². The number of benzene rings is 1. The Morgan fingerprint density at radius 2 is 2.12 bits per heavy atom. The zero-order valence-electron chi connectivity index (χ0n) is 9.77. The lowest BCUT2D eigenvalue weighted by Gasteiger charge is -2.11. The minimum Gasteiger partial charge on any atom is -0.466 e. The predicted octanol–water partition coefficient (Wildman–Crippen LogP) is 1.85. The van der Waals surface area contributed by atoms with Crippen molar-refractivity contribution in [1.82, 2.24) is 0 Å². The zero-order valence-corrected chi connectivity index (χ0v) is 9.77. The molecule has 1 atom stereocenters. The van der Waals surface area contributed by atoms with Crippen molar-refractivity contribution in [2.45, 2.75) is 32.8 Å². The van der Waals surface area contributed by atoms with Crippen LogP contribution in [0.25, 0.3) is 0 Å². The first-order valence-corrected chi connectivity index (χ1v) is 5.51. The molecule has 0 aliphatic carbocycles. The maximum atomic E-state index is 11.1. The molecular formula is C13H18O3. The fraction of sp³-hybridized carbons (Fsp3) is 0.462. The second kappa shape index (κ2) is 6.28. The molecular weight excluding hydrogens is 204 g/mol. The van der Waals surface area contributed by atoms with E-state index in [4.69, 9.17) is 4.74 Å². The highest BCUT2D eigenvalue weighted by Crippen LogP contribution is 2.11. The Morgan fingerprint density at radius 3 is 2.75 bits per heavy atom. The van der Waals surface area contributed by atoms with Gasteiger partial charge in [-0.2, -0.15) is 0 Å². The molecule has 0 radical (unpaired) electrons. The van der Waals surface area contributed by atoms with Crippen molar-refractivity contribution in [2.75, 3.05) is 6.61 Å². The van der Waals surface area contributed by atoms with Gasteiger partial charge in [-0.1, -0.05) is 24.3 Å². The fourth-order valence-electron chi connectivity index (χ4n) is 1.58. The Morgan fingerprint density at radius 1 is 1.44 bits per heavy atom. The molecule has 3 heteroatoms. The molecule has 0 aliphatic heterocycles. The molecule has 1 N–H and O–H groups in total. The average molecular weight is 222 g/mol. The molecule has 0 fully saturated rings. The standard InChI is InChI=1S/C13H18O3/c1-3-16-13(15)9-12(14)8-11-7-5-4-6-10(11)2/h4-7,12,14H,3,8-9H2,1-2H3/t12-/m1/s1. The molecule has 0 bridgehead atoms. The summed E-state index contributed by atoms with van der Waals surface area (Å²) in [5, 5.41) is 9.72. The van der Waals surface area contributed by atoms with E-state index in [0.717, 1.165) is 11.1 Å². The Balaban J connectivity index is 2.48. The zero-order chi connectivity index (χ0) is 12.0. The number of hydrogen-bond donors (Lipinski definition) is 1. The summed E-state index contributed by atoms with van der Waals surface area (Å²) in [6.07, 6.45) is -0.117. The van der Waals surface area contributed by atoms with Gasteiger partial charge in [0, 0.05) is 0 Å². The van der Waals surface area contributed by atoms with Crippen LogP contribution in [0.5, 0.6) is 0 Å². The first-order valence-electron chi connectivity index (χ1n) is 5.51. The Labute approximate surface area is 96.1 Å². The van der Waals surface area contributed by atoms with Crippen molar-refractivity contribution in [3.8, 4) is 0 Å². The van der Waals surface area contributed by atoms with Crippen molar-refractivity contribution < 1.29 is 14.6 Å². The summed E-state index contributed by atoms with van der Waals surface area (Å²) in [6.45, 7) is 4.11. The third-order valence-electron chi connectivity index (χ3n) is 2.42. The molecule has 0 heterocycles. The quantitative estimate of drug-likeness (QED) is 0.773. The highest BCUT2D eigenvalue weighted by Gasteiger charge is 2.12. The average Bonchev–Trinajstić information content (AvgIpc) is 2.21. The van der Waals surface area contributed by atoms with Gasteiger partial charge >= 0.3 is 5.97 Å². The predicted molar refractivity (Wildman–Crippen MR) is 62.1 cm³/mol. The lowest BCUT2D eigenvalue weighted by atomic mass is 10.0. The van der Waals surface area contributed by atoms with E-state index in [0.29, 0.717) is 13.0 Å². The number of aryl methyl sites for hydroxylation is 1. The molecule has 88 valence electrons. The molecule has 1 aromatic carbocycles. The van der Waals surface area contributed by atoms with Crippen molar-refractivity contribution in [3.05, 3.63) is 35.4 Å². The van der Waals surface area contributed by atoms with Gasteiger partial charge in [-0.3, -0.25) is 4.79 Å². The third-order valence-corrected chi connectivity index (χ3v) is 2.42. The first kappa shape index (κ1) is 12.7. The molecule has 0 spiro atoms. The SMILES string of the molecule is CCOC(=O)C[C@H](O)Cc1ccccc1C. The van der Waals surface area contributed by atoms with Gasteiger partial charge < -0.3 is 9.84 Å². The van der Waals surface area contributed by atoms with Crippen LogP contribution in [0.4, 0.5) is 0 Å². The number of rotatable bonds is 5. The maximum absolute atomic E-state index is 11.1. The van der Waals surface area contributed by atoms with Crippen LogP contribution in [0.2, 0.25) is 0 Å². The normalized spacial score (nSPS) is 12.2. The van der Waals surface area contributed by atoms with E-state index in [-0.39, 0.29) is 12.4 Å². The molecule has 0 aliphatic rings. The van der Waals surface area contributed by atoms with E-state index in [1.165, 1.54) is 0 Å². The molecule has 1 aromatic rings. The molecule has 0 saturated heterocycles. The Hall–Kier alpha value is -1.35. The molecule has 3 nitrogen and oxygen atoms in total. The monoisotopic (exact) mass is 222 g/mol. The lowest BCUT2D eigenvalue weighted by Crippen LogP contribution is -2.18. The van der Waals surface area contributed by atoms with Gasteiger partial charge in [0.2, 0.25) is 0 Å². The summed E-state index contributed by atoms with van der Waals surface area (Å²) in [6, 6.07) is 7.84. The minimum absolute atomic E-state index is 0.0577. The number of esters is 1. The summed E-state index contributed by atoms with van der Waals surface area (Å²) in [4.78, 5) is 11.1. The van der Waals surface area contributed by atoms with Gasteiger partial charge in [0.15, 0.2) is 0 Å². The van der Waals surface area contributed by atoms with Crippen molar-refractivity contribution in [2.24, 2.45) is 0 Å². The van der Waals surface area contributed by atoms with Gasteiger partial charge in [-0.15, -0.1) is 0 Å². The summed E-state index contributed by atoms with van der Waals surface area (Å²) in [5.74, 6) is -0.344. The van der Waals surface area contributed by atoms with Crippen LogP contribution in [0.1, 0.15) is 24.5 Å². The van der Waals surface area contributed by atoms with Crippen molar-refractivity contribution >= 4 is 5.97 Å². The molecule has 1 rings (SSSR count). The van der Waals surface area contributed by atoms with Crippen LogP contribution in [-0.2, 0) is 16.0 Å². The summed E-state index contributed by atoms with van der Waals surface area (Å²) >= 11 is 0. The van der Waals surface area contributed by atoms with Crippen molar-refractivity contribution in [3.63, 3.8) is 0 Å². The summed E-state index contributed by atoms with van der Waals surface area (Å²) in [7, 11) is 0. The molecule has 0 saturated carbocycles. The Bertz CT molecular complexity index is 347. The largest absolute Gasteiger partial charge is 0.466 e. The van der Waals surface area contributed by atoms with Crippen LogP contribution in [0.15, 0.2) is 24.3 Å². The fourth-order valence-corrected chi connectivity index (χ4v) is 1.58. The van der Waals surface area contributed by atoms with Crippen molar-refractivity contribution in [1.29, 1.82) is 0 Å². The van der Waals surface area contributed by atoms with Gasteiger partial charge in [0.05, 0.1) is 19.1 Å². The number of ether oxygens (including phenoxy) is 1. The highest BCUT2D eigenvalue weighted by molar-refractivity contribution is 5.69. The van der Waals surface area contributed by atoms with Crippen LogP contribution >= 0.6 is 0 Å². The van der Waals surface area contributed by atoms with E-state index in [1.807, 2.05) is 31.2 Å². The number of hydrogen-bond acceptors (Lipinski definition) is 3. The number of carbonyl (C=O) groups excluding carboxylic acids is 1. The van der Waals surface area contributed by atoms with E-state index in [2.05, 4.69) is 0 Å². The lowest BCUT2D eigenvalue weighted by molar-refractivity contribution is -0.145. The van der Waals surface area contributed by atoms with E-state index in [1.54, 1.807) is 6.92 Å². The van der Waals surface area contributed by atoms with Crippen LogP contribution < -0.4 is 0 Å². The number of carbonyl (C=O) groups is 1. The van der Waals surface area contributed by atoms with Gasteiger partial charge in [-0.25, -0.2) is 0 Å². The molecule has 0 unspecified atom stereocenters. The summed E-state index contributed by atoms with van der Waals surface area (Å²) < 4.78 is 4.78. The second-order valence-electron chi connectivity index (χ2n) is 3.79. The summed E-state index contributed by atoms with van der Waals surface area (Å²) in [5.41, 5.74) is 2.20. The number of aliphatic hydroxyl groups excluding tert-OH is 1. The highest BCUT2D eigenvalue weighted by atomic mass is 16.5. The van der Waals surface area contributed by atoms with Gasteiger partial charge in [-0.05, 0) is 31.4 Å². The molecule has 0 aromatic heterocycles. The molecule has 0 amide bonds. The van der Waals surface area contributed by atoms with E-state index < -0.39 is 6.10 Å². The van der Waals surface area contributed by atoms with Gasteiger partial charge in [0.25, 0.3) is 0 Å². The van der Waals surface area contributed by atoms with E-state index >= 15 is 0 Å². The number of aliphatic hydroxyl groups is 1. The van der Waals surface area contributed by atoms with Crippen LogP contribution in [-0.4, -0.2) is 23.8 Å². The topological polar surface area (TPSA) is 46.5 Å². The smallest absolute Gasteiger partial charge is 0.308 e. The first-order chi connectivity index (χ1) is 7.63. The second-order valence-corrected chi connectivity index (χ2v) is 3.79. The van der Waals surface area contributed by atoms with Gasteiger partial charge in [0.1, 0.15) is 0 Å². The molecule has 16 heavy (non-hydrogen) atoms.